The summed E-state index contributed by atoms with van der Waals surface area (Å²) in [6.07, 6.45) is 4.89. The van der Waals surface area contributed by atoms with Crippen molar-refractivity contribution in [3.63, 3.8) is 0 Å². The van der Waals surface area contributed by atoms with E-state index in [1.54, 1.807) is 24.0 Å². The number of amides is 1. The van der Waals surface area contributed by atoms with Crippen LogP contribution in [0, 0.1) is 0 Å². The molecule has 0 saturated carbocycles. The minimum Gasteiger partial charge on any atom is -0.334 e. The second-order valence-electron chi connectivity index (χ2n) is 4.73. The lowest BCUT2D eigenvalue weighted by Crippen LogP contribution is -2.51. The topological polar surface area (TPSA) is 71.0 Å². The Hall–Kier alpha value is -1.28. The largest absolute Gasteiger partial charge is 0.334 e. The summed E-state index contributed by atoms with van der Waals surface area (Å²) in [6.45, 7) is 4.34. The van der Waals surface area contributed by atoms with Crippen LogP contribution in [0.4, 0.5) is 0 Å². The molecule has 1 unspecified atom stereocenters. The summed E-state index contributed by atoms with van der Waals surface area (Å²) in [7, 11) is 0. The minimum absolute atomic E-state index is 0. The van der Waals surface area contributed by atoms with Crippen molar-refractivity contribution in [3.8, 4) is 10.7 Å². The number of nitrogens with one attached hydrogen (secondary N) is 1. The molecule has 0 spiro atoms. The second kappa shape index (κ2) is 8.38. The van der Waals surface area contributed by atoms with Crippen LogP contribution in [0.2, 0.25) is 0 Å². The Kier molecular flexibility index (Phi) is 7.15. The maximum atomic E-state index is 12.4. The van der Waals surface area contributed by atoms with Crippen molar-refractivity contribution in [3.05, 3.63) is 29.7 Å². The third kappa shape index (κ3) is 4.13. The molecule has 1 saturated heterocycles. The van der Waals surface area contributed by atoms with Crippen LogP contribution >= 0.6 is 36.2 Å². The molecule has 1 aliphatic rings. The number of piperazine rings is 1. The average Bonchev–Trinajstić information content (AvgIpc) is 2.97. The van der Waals surface area contributed by atoms with E-state index < -0.39 is 0 Å². The summed E-state index contributed by atoms with van der Waals surface area (Å²) in [4.78, 5) is 26.8. The quantitative estimate of drug-likeness (QED) is 0.883. The molecule has 6 nitrogen and oxygen atoms in total. The van der Waals surface area contributed by atoms with Crippen LogP contribution < -0.4 is 5.32 Å². The van der Waals surface area contributed by atoms with E-state index in [9.17, 15) is 4.79 Å². The number of carbonyl (C=O) groups is 1. The van der Waals surface area contributed by atoms with Crippen molar-refractivity contribution in [2.45, 2.75) is 13.0 Å². The number of halogens is 2. The van der Waals surface area contributed by atoms with Gasteiger partial charge in [0.05, 0.1) is 6.20 Å². The normalized spacial score (nSPS) is 17.3. The van der Waals surface area contributed by atoms with Gasteiger partial charge >= 0.3 is 0 Å². The lowest BCUT2D eigenvalue weighted by molar-refractivity contribution is 0.0704. The highest BCUT2D eigenvalue weighted by Crippen LogP contribution is 2.21. The molecular formula is C13H17Cl2N5OS. The van der Waals surface area contributed by atoms with Gasteiger partial charge in [-0.2, -0.15) is 0 Å². The maximum Gasteiger partial charge on any atom is 0.273 e. The summed E-state index contributed by atoms with van der Waals surface area (Å²) >= 11 is 1.42. The first kappa shape index (κ1) is 18.8. The highest BCUT2D eigenvalue weighted by molar-refractivity contribution is 7.13. The van der Waals surface area contributed by atoms with Gasteiger partial charge in [-0.1, -0.05) is 0 Å². The van der Waals surface area contributed by atoms with Gasteiger partial charge in [-0.05, 0) is 6.92 Å². The molecule has 1 aliphatic heterocycles. The molecule has 3 heterocycles. The van der Waals surface area contributed by atoms with Crippen molar-refractivity contribution in [2.24, 2.45) is 0 Å². The van der Waals surface area contributed by atoms with Crippen molar-refractivity contribution in [2.75, 3.05) is 19.6 Å². The van der Waals surface area contributed by atoms with Crippen molar-refractivity contribution < 1.29 is 4.79 Å². The van der Waals surface area contributed by atoms with Crippen LogP contribution in [0.3, 0.4) is 0 Å². The van der Waals surface area contributed by atoms with Crippen LogP contribution in [0.5, 0.6) is 0 Å². The zero-order chi connectivity index (χ0) is 13.9. The third-order valence-corrected chi connectivity index (χ3v) is 4.03. The highest BCUT2D eigenvalue weighted by Gasteiger charge is 2.23. The number of hydrogen-bond donors (Lipinski definition) is 1. The van der Waals surface area contributed by atoms with Crippen molar-refractivity contribution in [1.29, 1.82) is 0 Å². The van der Waals surface area contributed by atoms with E-state index in [0.717, 1.165) is 24.6 Å². The van der Waals surface area contributed by atoms with E-state index in [4.69, 9.17) is 0 Å². The Balaban J connectivity index is 0.00000121. The average molecular weight is 362 g/mol. The highest BCUT2D eigenvalue weighted by atomic mass is 35.5. The molecule has 2 aromatic heterocycles. The van der Waals surface area contributed by atoms with Crippen LogP contribution in [0.15, 0.2) is 24.0 Å². The molecule has 0 radical (unpaired) electrons. The summed E-state index contributed by atoms with van der Waals surface area (Å²) in [5.41, 5.74) is 1.19. The van der Waals surface area contributed by atoms with Gasteiger partial charge in [-0.15, -0.1) is 36.2 Å². The van der Waals surface area contributed by atoms with E-state index >= 15 is 0 Å². The minimum atomic E-state index is -0.00950. The molecule has 1 amide bonds. The molecule has 0 aliphatic carbocycles. The van der Waals surface area contributed by atoms with Crippen LogP contribution in [-0.4, -0.2) is 51.4 Å². The van der Waals surface area contributed by atoms with E-state index in [0.29, 0.717) is 17.4 Å². The van der Waals surface area contributed by atoms with Gasteiger partial charge in [-0.25, -0.2) is 4.98 Å². The predicted molar refractivity (Wildman–Crippen MR) is 91.0 cm³/mol. The van der Waals surface area contributed by atoms with E-state index in [2.05, 4.69) is 27.2 Å². The van der Waals surface area contributed by atoms with Crippen LogP contribution in [0.1, 0.15) is 17.4 Å². The number of thiazole rings is 1. The first-order chi connectivity index (χ1) is 9.74. The molecule has 120 valence electrons. The molecule has 1 fully saturated rings. The summed E-state index contributed by atoms with van der Waals surface area (Å²) in [6, 6.07) is 0.325. The van der Waals surface area contributed by atoms with E-state index in [1.807, 2.05) is 4.90 Å². The Morgan fingerprint density at radius 1 is 1.41 bits per heavy atom. The molecule has 2 aromatic rings. The monoisotopic (exact) mass is 361 g/mol. The SMILES string of the molecule is CC1CN(C(=O)c2csc(-c3cnccn3)n2)CCN1.Cl.Cl. The second-order valence-corrected chi connectivity index (χ2v) is 5.59. The molecule has 1 N–H and O–H groups in total. The van der Waals surface area contributed by atoms with Gasteiger partial charge < -0.3 is 10.2 Å². The molecule has 22 heavy (non-hydrogen) atoms. The number of rotatable bonds is 2. The Morgan fingerprint density at radius 2 is 2.23 bits per heavy atom. The van der Waals surface area contributed by atoms with Gasteiger partial charge in [0, 0.05) is 43.4 Å². The summed E-state index contributed by atoms with van der Waals surface area (Å²) in [5, 5.41) is 5.84. The van der Waals surface area contributed by atoms with Crippen LogP contribution in [0.25, 0.3) is 10.7 Å². The Labute approximate surface area is 145 Å². The zero-order valence-corrected chi connectivity index (χ0v) is 14.4. The molecule has 0 aromatic carbocycles. The predicted octanol–water partition coefficient (Wildman–Crippen LogP) is 1.88. The molecule has 0 bridgehead atoms. The number of hydrogen-bond acceptors (Lipinski definition) is 6. The van der Waals surface area contributed by atoms with Crippen molar-refractivity contribution in [1.82, 2.24) is 25.2 Å². The standard InChI is InChI=1S/C13H15N5OS.2ClH/c1-9-7-18(5-4-15-9)13(19)11-8-20-12(17-11)10-6-14-2-3-16-10;;/h2-3,6,8-9,15H,4-5,7H2,1H3;2*1H. The molecule has 1 atom stereocenters. The van der Waals surface area contributed by atoms with Crippen LogP contribution in [-0.2, 0) is 0 Å². The lowest BCUT2D eigenvalue weighted by atomic mass is 10.2. The molecule has 3 rings (SSSR count). The first-order valence-corrected chi connectivity index (χ1v) is 7.36. The smallest absolute Gasteiger partial charge is 0.273 e. The van der Waals surface area contributed by atoms with Gasteiger partial charge in [0.2, 0.25) is 0 Å². The number of nitrogens with zero attached hydrogens (tertiary/aromatic N) is 4. The van der Waals surface area contributed by atoms with Gasteiger partial charge in [0.25, 0.3) is 5.91 Å². The lowest BCUT2D eigenvalue weighted by Gasteiger charge is -2.31. The van der Waals surface area contributed by atoms with Crippen molar-refractivity contribution >= 4 is 42.1 Å². The van der Waals surface area contributed by atoms with E-state index in [1.165, 1.54) is 11.3 Å². The molecular weight excluding hydrogens is 345 g/mol. The third-order valence-electron chi connectivity index (χ3n) is 3.16. The summed E-state index contributed by atoms with van der Waals surface area (Å²) < 4.78 is 0. The number of aromatic nitrogens is 3. The maximum absolute atomic E-state index is 12.4. The van der Waals surface area contributed by atoms with Gasteiger partial charge in [0.15, 0.2) is 0 Å². The Morgan fingerprint density at radius 3 is 2.91 bits per heavy atom. The van der Waals surface area contributed by atoms with Gasteiger partial charge in [0.1, 0.15) is 16.4 Å². The Bertz CT molecular complexity index is 609. The van der Waals surface area contributed by atoms with E-state index in [-0.39, 0.29) is 30.7 Å². The summed E-state index contributed by atoms with van der Waals surface area (Å²) in [5.74, 6) is -0.00950. The first-order valence-electron chi connectivity index (χ1n) is 6.48. The number of carbonyl (C=O) groups excluding carboxylic acids is 1. The zero-order valence-electron chi connectivity index (χ0n) is 11.9. The van der Waals surface area contributed by atoms with Gasteiger partial charge in [-0.3, -0.25) is 14.8 Å². The molecule has 9 heteroatoms. The fourth-order valence-corrected chi connectivity index (χ4v) is 2.93. The fourth-order valence-electron chi connectivity index (χ4n) is 2.18. The fraction of sp³-hybridized carbons (Fsp3) is 0.385.